The molecule has 2 rings (SSSR count). The topological polar surface area (TPSA) is 76.4 Å². The number of anilines is 2. The highest BCUT2D eigenvalue weighted by Gasteiger charge is 2.18. The molecular formula is C13H19N3O2. The van der Waals surface area contributed by atoms with E-state index in [0.29, 0.717) is 24.6 Å². The molecule has 1 aliphatic heterocycles. The van der Waals surface area contributed by atoms with E-state index in [-0.39, 0.29) is 12.1 Å². The molecule has 2 amide bonds. The first-order chi connectivity index (χ1) is 8.58. The van der Waals surface area contributed by atoms with Gasteiger partial charge in [0.25, 0.3) is 0 Å². The van der Waals surface area contributed by atoms with Crippen LogP contribution in [0.1, 0.15) is 17.5 Å². The van der Waals surface area contributed by atoms with Crippen molar-refractivity contribution in [2.24, 2.45) is 0 Å². The highest BCUT2D eigenvalue weighted by molar-refractivity contribution is 5.94. The van der Waals surface area contributed by atoms with Crippen LogP contribution >= 0.6 is 0 Å². The van der Waals surface area contributed by atoms with Crippen molar-refractivity contribution in [1.82, 2.24) is 5.32 Å². The molecule has 1 heterocycles. The number of nitrogens with one attached hydrogen (secondary N) is 2. The molecule has 1 aromatic rings. The number of rotatable bonds is 2. The molecule has 18 heavy (non-hydrogen) atoms. The Morgan fingerprint density at radius 1 is 1.44 bits per heavy atom. The van der Waals surface area contributed by atoms with E-state index in [4.69, 9.17) is 10.5 Å². The molecular weight excluding hydrogens is 230 g/mol. The number of ether oxygens (including phenoxy) is 1. The van der Waals surface area contributed by atoms with Crippen molar-refractivity contribution in [2.45, 2.75) is 26.3 Å². The van der Waals surface area contributed by atoms with Gasteiger partial charge in [0.05, 0.1) is 24.0 Å². The first kappa shape index (κ1) is 12.7. The zero-order valence-electron chi connectivity index (χ0n) is 10.7. The van der Waals surface area contributed by atoms with E-state index in [1.807, 2.05) is 19.9 Å². The fraction of sp³-hybridized carbons (Fsp3) is 0.462. The van der Waals surface area contributed by atoms with Crippen LogP contribution in [0.3, 0.4) is 0 Å². The van der Waals surface area contributed by atoms with Crippen molar-refractivity contribution in [3.63, 3.8) is 0 Å². The minimum absolute atomic E-state index is 0.0938. The number of urea groups is 1. The Bertz CT molecular complexity index is 454. The van der Waals surface area contributed by atoms with E-state index in [9.17, 15) is 4.79 Å². The van der Waals surface area contributed by atoms with Gasteiger partial charge in [-0.3, -0.25) is 0 Å². The Hall–Kier alpha value is -1.75. The maximum atomic E-state index is 11.9. The van der Waals surface area contributed by atoms with Crippen molar-refractivity contribution in [3.8, 4) is 0 Å². The van der Waals surface area contributed by atoms with Gasteiger partial charge in [-0.25, -0.2) is 4.79 Å². The van der Waals surface area contributed by atoms with Crippen LogP contribution in [0, 0.1) is 13.8 Å². The van der Waals surface area contributed by atoms with E-state index < -0.39 is 0 Å². The van der Waals surface area contributed by atoms with Crippen LogP contribution in [0.2, 0.25) is 0 Å². The zero-order valence-corrected chi connectivity index (χ0v) is 10.7. The molecule has 0 saturated carbocycles. The average molecular weight is 249 g/mol. The van der Waals surface area contributed by atoms with Crippen LogP contribution < -0.4 is 16.4 Å². The van der Waals surface area contributed by atoms with Crippen LogP contribution in [0.15, 0.2) is 12.1 Å². The van der Waals surface area contributed by atoms with Gasteiger partial charge in [0.1, 0.15) is 0 Å². The van der Waals surface area contributed by atoms with Crippen molar-refractivity contribution in [3.05, 3.63) is 23.3 Å². The van der Waals surface area contributed by atoms with Crippen molar-refractivity contribution >= 4 is 17.4 Å². The molecule has 0 aromatic heterocycles. The van der Waals surface area contributed by atoms with Crippen molar-refractivity contribution in [2.75, 3.05) is 24.3 Å². The van der Waals surface area contributed by atoms with E-state index in [0.717, 1.165) is 17.5 Å². The summed E-state index contributed by atoms with van der Waals surface area (Å²) < 4.78 is 5.21. The van der Waals surface area contributed by atoms with Gasteiger partial charge in [-0.1, -0.05) is 6.07 Å². The molecule has 1 aliphatic rings. The molecule has 0 spiro atoms. The molecule has 1 saturated heterocycles. The minimum Gasteiger partial charge on any atom is -0.397 e. The van der Waals surface area contributed by atoms with E-state index in [1.165, 1.54) is 0 Å². The third-order valence-corrected chi connectivity index (χ3v) is 3.27. The Balaban J connectivity index is 2.04. The lowest BCUT2D eigenvalue weighted by Gasteiger charge is -2.16. The summed E-state index contributed by atoms with van der Waals surface area (Å²) >= 11 is 0. The number of aryl methyl sites for hydroxylation is 1. The molecule has 0 aliphatic carbocycles. The normalized spacial score (nSPS) is 18.7. The summed E-state index contributed by atoms with van der Waals surface area (Å²) in [6.45, 7) is 5.22. The summed E-state index contributed by atoms with van der Waals surface area (Å²) in [4.78, 5) is 11.9. The highest BCUT2D eigenvalue weighted by Crippen LogP contribution is 2.25. The number of carbonyl (C=O) groups is 1. The predicted octanol–water partition coefficient (Wildman–Crippen LogP) is 1.80. The fourth-order valence-corrected chi connectivity index (χ4v) is 1.99. The van der Waals surface area contributed by atoms with E-state index in [2.05, 4.69) is 10.6 Å². The smallest absolute Gasteiger partial charge is 0.319 e. The van der Waals surface area contributed by atoms with Crippen molar-refractivity contribution in [1.29, 1.82) is 0 Å². The molecule has 1 atom stereocenters. The fourth-order valence-electron chi connectivity index (χ4n) is 1.99. The van der Waals surface area contributed by atoms with Crippen molar-refractivity contribution < 1.29 is 9.53 Å². The summed E-state index contributed by atoms with van der Waals surface area (Å²) in [6, 6.07) is 3.61. The lowest BCUT2D eigenvalue weighted by atomic mass is 10.1. The molecule has 1 unspecified atom stereocenters. The zero-order chi connectivity index (χ0) is 13.1. The molecule has 0 bridgehead atoms. The average Bonchev–Trinajstić information content (AvgIpc) is 2.82. The number of carbonyl (C=O) groups excluding carboxylic acids is 1. The molecule has 1 aromatic carbocycles. The molecule has 0 radical (unpaired) electrons. The maximum absolute atomic E-state index is 11.9. The SMILES string of the molecule is Cc1ccc(N)c(NC(=O)NC2CCOC2)c1C. The monoisotopic (exact) mass is 249 g/mol. The number of nitrogen functional groups attached to an aromatic ring is 1. The summed E-state index contributed by atoms with van der Waals surface area (Å²) in [5.41, 5.74) is 9.24. The van der Waals surface area contributed by atoms with Gasteiger partial charge in [0, 0.05) is 6.61 Å². The van der Waals surface area contributed by atoms with Crippen LogP contribution in [-0.2, 0) is 4.74 Å². The van der Waals surface area contributed by atoms with Crippen LogP contribution in [-0.4, -0.2) is 25.3 Å². The summed E-state index contributed by atoms with van der Waals surface area (Å²) in [5.74, 6) is 0. The van der Waals surface area contributed by atoms with Gasteiger partial charge in [-0.05, 0) is 37.5 Å². The van der Waals surface area contributed by atoms with Crippen LogP contribution in [0.4, 0.5) is 16.2 Å². The Labute approximate surface area is 107 Å². The minimum atomic E-state index is -0.231. The van der Waals surface area contributed by atoms with Crippen LogP contribution in [0.5, 0.6) is 0 Å². The van der Waals surface area contributed by atoms with Gasteiger partial charge in [0.15, 0.2) is 0 Å². The van der Waals surface area contributed by atoms with Gasteiger partial charge in [0.2, 0.25) is 0 Å². The first-order valence-electron chi connectivity index (χ1n) is 6.09. The number of amides is 2. The predicted molar refractivity (Wildman–Crippen MR) is 71.7 cm³/mol. The highest BCUT2D eigenvalue weighted by atomic mass is 16.5. The third-order valence-electron chi connectivity index (χ3n) is 3.27. The Kier molecular flexibility index (Phi) is 3.72. The summed E-state index contributed by atoms with van der Waals surface area (Å²) in [7, 11) is 0. The van der Waals surface area contributed by atoms with Gasteiger partial charge in [-0.15, -0.1) is 0 Å². The molecule has 4 N–H and O–H groups in total. The summed E-state index contributed by atoms with van der Waals surface area (Å²) in [6.07, 6.45) is 0.857. The van der Waals surface area contributed by atoms with Gasteiger partial charge < -0.3 is 21.1 Å². The van der Waals surface area contributed by atoms with Gasteiger partial charge >= 0.3 is 6.03 Å². The molecule has 98 valence electrons. The summed E-state index contributed by atoms with van der Waals surface area (Å²) in [5, 5.41) is 5.69. The molecule has 5 nitrogen and oxygen atoms in total. The van der Waals surface area contributed by atoms with E-state index >= 15 is 0 Å². The number of hydrogen-bond donors (Lipinski definition) is 3. The third kappa shape index (κ3) is 2.73. The quantitative estimate of drug-likeness (QED) is 0.699. The number of benzene rings is 1. The largest absolute Gasteiger partial charge is 0.397 e. The second-order valence-corrected chi connectivity index (χ2v) is 4.63. The standard InChI is InChI=1S/C13H19N3O2/c1-8-3-4-11(14)12(9(8)2)16-13(17)15-10-5-6-18-7-10/h3-4,10H,5-7,14H2,1-2H3,(H2,15,16,17). The maximum Gasteiger partial charge on any atom is 0.319 e. The van der Waals surface area contributed by atoms with E-state index in [1.54, 1.807) is 6.07 Å². The molecule has 1 fully saturated rings. The lowest BCUT2D eigenvalue weighted by Crippen LogP contribution is -2.38. The number of nitrogens with two attached hydrogens (primary N) is 1. The number of hydrogen-bond acceptors (Lipinski definition) is 3. The second-order valence-electron chi connectivity index (χ2n) is 4.63. The second kappa shape index (κ2) is 5.27. The first-order valence-corrected chi connectivity index (χ1v) is 6.09. The Morgan fingerprint density at radius 3 is 2.89 bits per heavy atom. The Morgan fingerprint density at radius 2 is 2.22 bits per heavy atom. The molecule has 5 heteroatoms. The van der Waals surface area contributed by atoms with Crippen LogP contribution in [0.25, 0.3) is 0 Å². The van der Waals surface area contributed by atoms with Gasteiger partial charge in [-0.2, -0.15) is 0 Å². The lowest BCUT2D eigenvalue weighted by molar-refractivity contribution is 0.189.